The fourth-order valence-corrected chi connectivity index (χ4v) is 3.73. The van der Waals surface area contributed by atoms with Gasteiger partial charge in [0.2, 0.25) is 0 Å². The molecule has 1 amide bonds. The van der Waals surface area contributed by atoms with E-state index in [0.717, 1.165) is 29.8 Å². The molecule has 6 heteroatoms. The fraction of sp³-hybridized carbons (Fsp3) is 0.227. The zero-order valence-corrected chi connectivity index (χ0v) is 15.9. The molecule has 0 saturated carbocycles. The number of aromatic nitrogens is 2. The summed E-state index contributed by atoms with van der Waals surface area (Å²) in [6.45, 7) is 1.26. The second kappa shape index (κ2) is 8.07. The minimum Gasteiger partial charge on any atom is -0.338 e. The topological polar surface area (TPSA) is 46.1 Å². The van der Waals surface area contributed by atoms with Crippen LogP contribution in [0.15, 0.2) is 60.9 Å². The third-order valence-corrected chi connectivity index (χ3v) is 5.23. The van der Waals surface area contributed by atoms with Gasteiger partial charge in [0.25, 0.3) is 5.91 Å². The second-order valence-corrected chi connectivity index (χ2v) is 7.37. The van der Waals surface area contributed by atoms with Gasteiger partial charge < -0.3 is 4.90 Å². The number of likely N-dealkylation sites (tertiary alicyclic amines) is 1. The molecule has 1 aliphatic heterocycles. The average molecular weight is 396 g/mol. The van der Waals surface area contributed by atoms with Crippen LogP contribution in [0.1, 0.15) is 34.8 Å². The molecule has 28 heavy (non-hydrogen) atoms. The van der Waals surface area contributed by atoms with Crippen LogP contribution in [0.4, 0.5) is 4.39 Å². The summed E-state index contributed by atoms with van der Waals surface area (Å²) in [5.41, 5.74) is 3.05. The van der Waals surface area contributed by atoms with Crippen LogP contribution in [0.25, 0.3) is 11.3 Å². The maximum absolute atomic E-state index is 13.1. The Morgan fingerprint density at radius 3 is 2.75 bits per heavy atom. The SMILES string of the molecule is O=C(c1ccc(F)cc1)N1CCCC(c2cncc(-c3cccc(Cl)c3)n2)C1. The normalized spacial score (nSPS) is 16.8. The van der Waals surface area contributed by atoms with Crippen molar-refractivity contribution in [1.82, 2.24) is 14.9 Å². The van der Waals surface area contributed by atoms with Gasteiger partial charge in [-0.05, 0) is 49.2 Å². The van der Waals surface area contributed by atoms with Crippen molar-refractivity contribution in [3.63, 3.8) is 0 Å². The van der Waals surface area contributed by atoms with E-state index in [1.54, 1.807) is 12.4 Å². The summed E-state index contributed by atoms with van der Waals surface area (Å²) < 4.78 is 13.1. The number of rotatable bonds is 3. The molecule has 1 unspecified atom stereocenters. The predicted octanol–water partition coefficient (Wildman–Crippen LogP) is 4.96. The van der Waals surface area contributed by atoms with E-state index in [2.05, 4.69) is 4.98 Å². The molecule has 3 aromatic rings. The Morgan fingerprint density at radius 1 is 1.14 bits per heavy atom. The minimum atomic E-state index is -0.346. The fourth-order valence-electron chi connectivity index (χ4n) is 3.54. The molecule has 0 aliphatic carbocycles. The quantitative estimate of drug-likeness (QED) is 0.630. The van der Waals surface area contributed by atoms with E-state index in [1.165, 1.54) is 24.3 Å². The van der Waals surface area contributed by atoms with Gasteiger partial charge in [-0.15, -0.1) is 0 Å². The zero-order chi connectivity index (χ0) is 19.5. The molecule has 1 aliphatic rings. The summed E-state index contributed by atoms with van der Waals surface area (Å²) in [6, 6.07) is 13.2. The molecule has 1 atom stereocenters. The first-order valence-electron chi connectivity index (χ1n) is 9.23. The molecular formula is C22H19ClFN3O. The monoisotopic (exact) mass is 395 g/mol. The molecule has 4 nitrogen and oxygen atoms in total. The van der Waals surface area contributed by atoms with Crippen LogP contribution in [-0.2, 0) is 0 Å². The highest BCUT2D eigenvalue weighted by atomic mass is 35.5. The maximum atomic E-state index is 13.1. The maximum Gasteiger partial charge on any atom is 0.253 e. The van der Waals surface area contributed by atoms with Crippen molar-refractivity contribution in [3.05, 3.63) is 83.0 Å². The summed E-state index contributed by atoms with van der Waals surface area (Å²) in [5, 5.41) is 0.651. The van der Waals surface area contributed by atoms with E-state index in [4.69, 9.17) is 16.6 Å². The summed E-state index contributed by atoms with van der Waals surface area (Å²) in [4.78, 5) is 23.7. The molecule has 142 valence electrons. The molecule has 1 fully saturated rings. The van der Waals surface area contributed by atoms with Gasteiger partial charge >= 0.3 is 0 Å². The molecule has 0 bridgehead atoms. The van der Waals surface area contributed by atoms with Crippen molar-refractivity contribution in [1.29, 1.82) is 0 Å². The average Bonchev–Trinajstić information content (AvgIpc) is 2.74. The van der Waals surface area contributed by atoms with Gasteiger partial charge in [-0.2, -0.15) is 0 Å². The molecule has 0 N–H and O–H groups in total. The Labute approximate surface area is 168 Å². The van der Waals surface area contributed by atoms with Gasteiger partial charge in [-0.1, -0.05) is 23.7 Å². The molecule has 2 heterocycles. The largest absolute Gasteiger partial charge is 0.338 e. The van der Waals surface area contributed by atoms with Crippen LogP contribution in [-0.4, -0.2) is 33.9 Å². The molecule has 2 aromatic carbocycles. The van der Waals surface area contributed by atoms with E-state index in [0.29, 0.717) is 23.7 Å². The zero-order valence-electron chi connectivity index (χ0n) is 15.2. The summed E-state index contributed by atoms with van der Waals surface area (Å²) in [6.07, 6.45) is 5.32. The van der Waals surface area contributed by atoms with Crippen molar-refractivity contribution in [2.45, 2.75) is 18.8 Å². The standard InChI is InChI=1S/C22H19ClFN3O/c23-18-5-1-3-16(11-18)20-12-25-13-21(26-20)17-4-2-10-27(14-17)22(28)15-6-8-19(24)9-7-15/h1,3,5-9,11-13,17H,2,4,10,14H2. The van der Waals surface area contributed by atoms with Crippen LogP contribution in [0, 0.1) is 5.82 Å². The lowest BCUT2D eigenvalue weighted by Gasteiger charge is -2.32. The third kappa shape index (κ3) is 4.04. The summed E-state index contributed by atoms with van der Waals surface area (Å²) in [5.74, 6) is -0.311. The first-order valence-corrected chi connectivity index (χ1v) is 9.60. The van der Waals surface area contributed by atoms with E-state index in [1.807, 2.05) is 29.2 Å². The number of carbonyl (C=O) groups excluding carboxylic acids is 1. The highest BCUT2D eigenvalue weighted by molar-refractivity contribution is 6.30. The van der Waals surface area contributed by atoms with E-state index in [-0.39, 0.29) is 17.6 Å². The Balaban J connectivity index is 1.54. The molecule has 1 aromatic heterocycles. The third-order valence-electron chi connectivity index (χ3n) is 4.99. The highest BCUT2D eigenvalue weighted by Gasteiger charge is 2.26. The Morgan fingerprint density at radius 2 is 1.96 bits per heavy atom. The number of halogens is 2. The van der Waals surface area contributed by atoms with Crippen molar-refractivity contribution in [2.24, 2.45) is 0 Å². The van der Waals surface area contributed by atoms with Gasteiger partial charge in [0, 0.05) is 41.4 Å². The van der Waals surface area contributed by atoms with Crippen LogP contribution >= 0.6 is 11.6 Å². The van der Waals surface area contributed by atoms with Crippen LogP contribution < -0.4 is 0 Å². The first kappa shape index (κ1) is 18.6. The number of amides is 1. The highest BCUT2D eigenvalue weighted by Crippen LogP contribution is 2.28. The lowest BCUT2D eigenvalue weighted by molar-refractivity contribution is 0.0706. The van der Waals surface area contributed by atoms with Crippen LogP contribution in [0.5, 0.6) is 0 Å². The Hall–Kier alpha value is -2.79. The van der Waals surface area contributed by atoms with Crippen molar-refractivity contribution >= 4 is 17.5 Å². The van der Waals surface area contributed by atoms with Crippen molar-refractivity contribution < 1.29 is 9.18 Å². The minimum absolute atomic E-state index is 0.0799. The van der Waals surface area contributed by atoms with Gasteiger partial charge in [0.05, 0.1) is 17.6 Å². The van der Waals surface area contributed by atoms with E-state index < -0.39 is 0 Å². The second-order valence-electron chi connectivity index (χ2n) is 6.94. The number of nitrogens with zero attached hydrogens (tertiary/aromatic N) is 3. The van der Waals surface area contributed by atoms with Crippen molar-refractivity contribution in [3.8, 4) is 11.3 Å². The Bertz CT molecular complexity index is 993. The van der Waals surface area contributed by atoms with E-state index in [9.17, 15) is 9.18 Å². The van der Waals surface area contributed by atoms with E-state index >= 15 is 0 Å². The molecular weight excluding hydrogens is 377 g/mol. The molecule has 0 radical (unpaired) electrons. The smallest absolute Gasteiger partial charge is 0.253 e. The summed E-state index contributed by atoms with van der Waals surface area (Å²) >= 11 is 6.09. The molecule has 1 saturated heterocycles. The van der Waals surface area contributed by atoms with Gasteiger partial charge in [0.15, 0.2) is 0 Å². The van der Waals surface area contributed by atoms with Gasteiger partial charge in [0.1, 0.15) is 5.82 Å². The number of benzene rings is 2. The van der Waals surface area contributed by atoms with Crippen LogP contribution in [0.3, 0.4) is 0 Å². The van der Waals surface area contributed by atoms with Crippen LogP contribution in [0.2, 0.25) is 5.02 Å². The lowest BCUT2D eigenvalue weighted by Crippen LogP contribution is -2.39. The molecule has 4 rings (SSSR count). The first-order chi connectivity index (χ1) is 13.6. The number of hydrogen-bond donors (Lipinski definition) is 0. The van der Waals surface area contributed by atoms with Crippen molar-refractivity contribution in [2.75, 3.05) is 13.1 Å². The molecule has 0 spiro atoms. The lowest BCUT2D eigenvalue weighted by atomic mass is 9.94. The van der Waals surface area contributed by atoms with Gasteiger partial charge in [-0.3, -0.25) is 9.78 Å². The van der Waals surface area contributed by atoms with Gasteiger partial charge in [-0.25, -0.2) is 9.37 Å². The number of piperidine rings is 1. The summed E-state index contributed by atoms with van der Waals surface area (Å²) in [7, 11) is 0. The predicted molar refractivity (Wildman–Crippen MR) is 107 cm³/mol. The number of hydrogen-bond acceptors (Lipinski definition) is 3. The number of carbonyl (C=O) groups is 1. The Kier molecular flexibility index (Phi) is 5.35.